The minimum absolute atomic E-state index is 0.0442. The molecular weight excluding hydrogens is 220 g/mol. The van der Waals surface area contributed by atoms with E-state index in [4.69, 9.17) is 4.42 Å². The lowest BCUT2D eigenvalue weighted by Crippen LogP contribution is -2.37. The lowest BCUT2D eigenvalue weighted by atomic mass is 9.66. The van der Waals surface area contributed by atoms with E-state index in [9.17, 15) is 14.7 Å². The van der Waals surface area contributed by atoms with E-state index in [0.29, 0.717) is 12.2 Å². The van der Waals surface area contributed by atoms with Crippen molar-refractivity contribution >= 4 is 11.8 Å². The van der Waals surface area contributed by atoms with E-state index >= 15 is 0 Å². The van der Waals surface area contributed by atoms with Crippen molar-refractivity contribution < 1.29 is 19.1 Å². The number of carboxylic acids is 1. The summed E-state index contributed by atoms with van der Waals surface area (Å²) in [6.07, 6.45) is 3.73. The Morgan fingerprint density at radius 1 is 1.47 bits per heavy atom. The third kappa shape index (κ3) is 1.36. The molecule has 1 aromatic rings. The van der Waals surface area contributed by atoms with E-state index in [0.717, 1.165) is 12.8 Å². The molecule has 2 bridgehead atoms. The first-order chi connectivity index (χ1) is 8.13. The molecule has 0 aliphatic heterocycles. The number of hydrogen-bond donors (Lipinski definition) is 1. The Morgan fingerprint density at radius 2 is 2.29 bits per heavy atom. The van der Waals surface area contributed by atoms with Crippen LogP contribution in [0.15, 0.2) is 22.8 Å². The Hall–Kier alpha value is -1.58. The second kappa shape index (κ2) is 3.45. The molecule has 3 unspecified atom stereocenters. The van der Waals surface area contributed by atoms with Crippen LogP contribution in [0.4, 0.5) is 0 Å². The average molecular weight is 234 g/mol. The van der Waals surface area contributed by atoms with Crippen LogP contribution >= 0.6 is 0 Å². The lowest BCUT2D eigenvalue weighted by Gasteiger charge is -2.35. The van der Waals surface area contributed by atoms with Crippen molar-refractivity contribution in [3.63, 3.8) is 0 Å². The van der Waals surface area contributed by atoms with Crippen molar-refractivity contribution in [2.75, 3.05) is 0 Å². The molecule has 0 aromatic carbocycles. The van der Waals surface area contributed by atoms with Gasteiger partial charge in [-0.15, -0.1) is 0 Å². The summed E-state index contributed by atoms with van der Waals surface area (Å²) >= 11 is 0. The van der Waals surface area contributed by atoms with Crippen molar-refractivity contribution in [1.82, 2.24) is 0 Å². The zero-order valence-corrected chi connectivity index (χ0v) is 9.39. The number of fused-ring (bicyclic) bond motifs is 2. The van der Waals surface area contributed by atoms with Gasteiger partial charge in [0.15, 0.2) is 0 Å². The molecule has 0 amide bonds. The van der Waals surface area contributed by atoms with E-state index in [1.165, 1.54) is 0 Å². The Labute approximate surface area is 98.6 Å². The van der Waals surface area contributed by atoms with Gasteiger partial charge in [0.2, 0.25) is 0 Å². The van der Waals surface area contributed by atoms with Crippen LogP contribution in [0.2, 0.25) is 0 Å². The van der Waals surface area contributed by atoms with Crippen LogP contribution in [0.3, 0.4) is 0 Å². The SMILES string of the molecule is O=C1CC2(C(=O)O)CC1CCC2c1ccco1. The van der Waals surface area contributed by atoms with Gasteiger partial charge in [0.1, 0.15) is 11.5 Å². The molecule has 90 valence electrons. The number of carboxylic acid groups (broad SMARTS) is 1. The minimum atomic E-state index is -0.919. The van der Waals surface area contributed by atoms with Gasteiger partial charge in [0.05, 0.1) is 11.7 Å². The summed E-state index contributed by atoms with van der Waals surface area (Å²) in [5, 5.41) is 9.51. The Bertz CT molecular complexity index is 462. The topological polar surface area (TPSA) is 67.5 Å². The molecule has 4 heteroatoms. The average Bonchev–Trinajstić information content (AvgIpc) is 2.89. The highest BCUT2D eigenvalue weighted by Gasteiger charge is 2.58. The quantitative estimate of drug-likeness (QED) is 0.851. The molecule has 1 heterocycles. The van der Waals surface area contributed by atoms with Crippen molar-refractivity contribution in [1.29, 1.82) is 0 Å². The summed E-state index contributed by atoms with van der Waals surface area (Å²) < 4.78 is 5.36. The predicted molar refractivity (Wildman–Crippen MR) is 58.5 cm³/mol. The van der Waals surface area contributed by atoms with Gasteiger partial charge in [-0.25, -0.2) is 0 Å². The van der Waals surface area contributed by atoms with Gasteiger partial charge in [-0.2, -0.15) is 0 Å². The molecule has 2 fully saturated rings. The first-order valence-corrected chi connectivity index (χ1v) is 5.93. The van der Waals surface area contributed by atoms with Crippen LogP contribution in [0.1, 0.15) is 37.4 Å². The zero-order valence-electron chi connectivity index (χ0n) is 9.39. The number of carbonyl (C=O) groups is 2. The van der Waals surface area contributed by atoms with Crippen LogP contribution in [-0.2, 0) is 9.59 Å². The van der Waals surface area contributed by atoms with Crippen molar-refractivity contribution in [2.45, 2.75) is 31.6 Å². The second-order valence-electron chi connectivity index (χ2n) is 5.15. The standard InChI is InChI=1S/C13H14O4/c14-10-7-13(12(15)16)6-8(10)3-4-9(13)11-2-1-5-17-11/h1-2,5,8-9H,3-4,6-7H2,(H,15,16). The Kier molecular flexibility index (Phi) is 2.15. The first kappa shape index (κ1) is 10.6. The van der Waals surface area contributed by atoms with Crippen molar-refractivity contribution in [3.05, 3.63) is 24.2 Å². The molecule has 0 saturated heterocycles. The molecule has 0 spiro atoms. The number of aliphatic carboxylic acids is 1. The molecule has 4 nitrogen and oxygen atoms in total. The number of furan rings is 1. The molecule has 3 atom stereocenters. The van der Waals surface area contributed by atoms with Gasteiger partial charge in [0.25, 0.3) is 0 Å². The maximum absolute atomic E-state index is 11.8. The fraction of sp³-hybridized carbons (Fsp3) is 0.538. The molecule has 2 aliphatic rings. The summed E-state index contributed by atoms with van der Waals surface area (Å²) in [7, 11) is 0. The number of ketones is 1. The summed E-state index contributed by atoms with van der Waals surface area (Å²) in [5.74, 6) is -0.230. The summed E-state index contributed by atoms with van der Waals surface area (Å²) in [6, 6.07) is 3.59. The second-order valence-corrected chi connectivity index (χ2v) is 5.15. The van der Waals surface area contributed by atoms with Crippen LogP contribution in [0.5, 0.6) is 0 Å². The molecule has 1 aromatic heterocycles. The maximum atomic E-state index is 11.8. The number of carbonyl (C=O) groups excluding carboxylic acids is 1. The van der Waals surface area contributed by atoms with Crippen molar-refractivity contribution in [3.8, 4) is 0 Å². The molecule has 0 radical (unpaired) electrons. The van der Waals surface area contributed by atoms with Gasteiger partial charge in [-0.1, -0.05) is 0 Å². The lowest BCUT2D eigenvalue weighted by molar-refractivity contribution is -0.152. The third-order valence-electron chi connectivity index (χ3n) is 4.34. The van der Waals surface area contributed by atoms with E-state index < -0.39 is 11.4 Å². The third-order valence-corrected chi connectivity index (χ3v) is 4.34. The smallest absolute Gasteiger partial charge is 0.310 e. The molecule has 1 N–H and O–H groups in total. The highest BCUT2D eigenvalue weighted by Crippen LogP contribution is 2.57. The van der Waals surface area contributed by atoms with Crippen LogP contribution in [0, 0.1) is 11.3 Å². The van der Waals surface area contributed by atoms with Crippen LogP contribution < -0.4 is 0 Å². The van der Waals surface area contributed by atoms with E-state index in [1.807, 2.05) is 6.07 Å². The maximum Gasteiger partial charge on any atom is 0.310 e. The predicted octanol–water partition coefficient (Wildman–Crippen LogP) is 2.21. The van der Waals surface area contributed by atoms with Gasteiger partial charge in [-0.05, 0) is 31.4 Å². The minimum Gasteiger partial charge on any atom is -0.481 e. The molecule has 17 heavy (non-hydrogen) atoms. The number of rotatable bonds is 2. The number of Topliss-reactive ketones (excluding diaryl/α,β-unsaturated/α-hetero) is 1. The Balaban J connectivity index is 2.04. The van der Waals surface area contributed by atoms with Gasteiger partial charge in [0, 0.05) is 18.3 Å². The number of hydrogen-bond acceptors (Lipinski definition) is 3. The highest BCUT2D eigenvalue weighted by atomic mass is 16.4. The normalized spacial score (nSPS) is 36.1. The van der Waals surface area contributed by atoms with E-state index in [-0.39, 0.29) is 24.0 Å². The molecule has 2 saturated carbocycles. The molecule has 3 rings (SSSR count). The Morgan fingerprint density at radius 3 is 2.94 bits per heavy atom. The zero-order chi connectivity index (χ0) is 12.0. The first-order valence-electron chi connectivity index (χ1n) is 5.93. The largest absolute Gasteiger partial charge is 0.481 e. The summed E-state index contributed by atoms with van der Waals surface area (Å²) in [5.41, 5.74) is -0.919. The molecular formula is C13H14O4. The van der Waals surface area contributed by atoms with Gasteiger partial charge >= 0.3 is 5.97 Å². The summed E-state index contributed by atoms with van der Waals surface area (Å²) in [4.78, 5) is 23.4. The van der Waals surface area contributed by atoms with Crippen LogP contribution in [-0.4, -0.2) is 16.9 Å². The van der Waals surface area contributed by atoms with Crippen LogP contribution in [0.25, 0.3) is 0 Å². The monoisotopic (exact) mass is 234 g/mol. The van der Waals surface area contributed by atoms with E-state index in [1.54, 1.807) is 12.3 Å². The fourth-order valence-corrected chi connectivity index (χ4v) is 3.47. The fourth-order valence-electron chi connectivity index (χ4n) is 3.47. The van der Waals surface area contributed by atoms with Gasteiger partial charge in [-0.3, -0.25) is 9.59 Å². The van der Waals surface area contributed by atoms with E-state index in [2.05, 4.69) is 0 Å². The van der Waals surface area contributed by atoms with Crippen molar-refractivity contribution in [2.24, 2.45) is 11.3 Å². The molecule has 2 aliphatic carbocycles. The highest BCUT2D eigenvalue weighted by molar-refractivity contribution is 5.93. The van der Waals surface area contributed by atoms with Gasteiger partial charge < -0.3 is 9.52 Å². The summed E-state index contributed by atoms with van der Waals surface area (Å²) in [6.45, 7) is 0.